The van der Waals surface area contributed by atoms with Crippen LogP contribution < -0.4 is 4.74 Å². The molecule has 0 saturated heterocycles. The maximum atomic E-state index is 13.2. The number of phenolic OH excluding ortho intramolecular Hbond substituents is 1. The summed E-state index contributed by atoms with van der Waals surface area (Å²) in [6.07, 6.45) is 3.64. The number of pyridine rings is 1. The van der Waals surface area contributed by atoms with Gasteiger partial charge in [0.15, 0.2) is 0 Å². The maximum absolute atomic E-state index is 13.2. The summed E-state index contributed by atoms with van der Waals surface area (Å²) in [7, 11) is -3.71. The van der Waals surface area contributed by atoms with E-state index in [1.807, 2.05) is 27.0 Å². The van der Waals surface area contributed by atoms with Gasteiger partial charge in [0.2, 0.25) is 9.84 Å². The molecule has 2 heterocycles. The zero-order valence-electron chi connectivity index (χ0n) is 14.4. The Kier molecular flexibility index (Phi) is 4.47. The molecule has 0 aliphatic rings. The fourth-order valence-electron chi connectivity index (χ4n) is 2.85. The lowest BCUT2D eigenvalue weighted by molar-refractivity contribution is 0.338. The van der Waals surface area contributed by atoms with Crippen LogP contribution in [-0.4, -0.2) is 24.5 Å². The van der Waals surface area contributed by atoms with Crippen LogP contribution in [0.3, 0.4) is 0 Å². The van der Waals surface area contributed by atoms with Crippen LogP contribution in [0, 0.1) is 0 Å². The highest BCUT2D eigenvalue weighted by Gasteiger charge is 2.27. The zero-order chi connectivity index (χ0) is 18.2. The number of aromatic hydroxyl groups is 1. The van der Waals surface area contributed by atoms with Crippen molar-refractivity contribution in [2.24, 2.45) is 0 Å². The van der Waals surface area contributed by atoms with E-state index < -0.39 is 9.84 Å². The predicted octanol–water partition coefficient (Wildman–Crippen LogP) is 4.00. The molecule has 0 bridgehead atoms. The normalized spacial score (nSPS) is 12.0. The number of phenols is 1. The highest BCUT2D eigenvalue weighted by molar-refractivity contribution is 7.91. The van der Waals surface area contributed by atoms with E-state index in [9.17, 15) is 13.5 Å². The van der Waals surface area contributed by atoms with Crippen molar-refractivity contribution in [1.82, 2.24) is 4.40 Å². The Morgan fingerprint density at radius 1 is 1.08 bits per heavy atom. The van der Waals surface area contributed by atoms with Crippen LogP contribution in [-0.2, 0) is 9.84 Å². The van der Waals surface area contributed by atoms with E-state index in [0.717, 1.165) is 5.56 Å². The van der Waals surface area contributed by atoms with Gasteiger partial charge in [-0.15, -0.1) is 0 Å². The first-order valence-electron chi connectivity index (χ1n) is 8.16. The van der Waals surface area contributed by atoms with Crippen molar-refractivity contribution in [3.63, 3.8) is 0 Å². The van der Waals surface area contributed by atoms with E-state index in [1.54, 1.807) is 22.7 Å². The number of nitrogens with zero attached hydrogens (tertiary/aromatic N) is 1. The first kappa shape index (κ1) is 17.4. The quantitative estimate of drug-likeness (QED) is 0.748. The monoisotopic (exact) mass is 359 g/mol. The summed E-state index contributed by atoms with van der Waals surface area (Å²) in [4.78, 5) is 0.463. The molecule has 1 N–H and O–H groups in total. The first-order valence-corrected chi connectivity index (χ1v) is 9.64. The minimum Gasteiger partial charge on any atom is -0.508 e. The van der Waals surface area contributed by atoms with E-state index in [0.29, 0.717) is 22.8 Å². The summed E-state index contributed by atoms with van der Waals surface area (Å²) < 4.78 is 33.8. The van der Waals surface area contributed by atoms with Crippen LogP contribution in [0.15, 0.2) is 58.6 Å². The van der Waals surface area contributed by atoms with Crippen LogP contribution in [0.5, 0.6) is 11.5 Å². The number of fused-ring (bicyclic) bond motifs is 1. The van der Waals surface area contributed by atoms with Crippen molar-refractivity contribution in [2.45, 2.75) is 36.5 Å². The van der Waals surface area contributed by atoms with Crippen molar-refractivity contribution in [3.05, 3.63) is 54.4 Å². The topological polar surface area (TPSA) is 68.0 Å². The van der Waals surface area contributed by atoms with Gasteiger partial charge >= 0.3 is 0 Å². The average molecular weight is 359 g/mol. The molecular weight excluding hydrogens is 338 g/mol. The Morgan fingerprint density at radius 2 is 1.76 bits per heavy atom. The molecule has 0 radical (unpaired) electrons. The van der Waals surface area contributed by atoms with Crippen molar-refractivity contribution >= 4 is 15.4 Å². The van der Waals surface area contributed by atoms with Crippen LogP contribution in [0.4, 0.5) is 0 Å². The Hall–Kier alpha value is -2.47. The van der Waals surface area contributed by atoms with Crippen molar-refractivity contribution in [3.8, 4) is 11.5 Å². The van der Waals surface area contributed by atoms with Gasteiger partial charge in [-0.05, 0) is 54.8 Å². The molecule has 0 atom stereocenters. The molecule has 0 aliphatic carbocycles. The van der Waals surface area contributed by atoms with Gasteiger partial charge in [0.05, 0.1) is 23.2 Å². The standard InChI is InChI=1S/C19H21NO4S/c1-4-24-15-7-10-18-19(17(13(2)3)12-20(18)11-15)25(22,23)16-8-5-14(21)6-9-16/h5-13,21H,4H2,1-3H3. The Balaban J connectivity index is 2.26. The molecule has 6 heteroatoms. The fraction of sp³-hybridized carbons (Fsp3) is 0.263. The summed E-state index contributed by atoms with van der Waals surface area (Å²) in [5.74, 6) is 0.761. The predicted molar refractivity (Wildman–Crippen MR) is 96.2 cm³/mol. The zero-order valence-corrected chi connectivity index (χ0v) is 15.2. The third-order valence-corrected chi connectivity index (χ3v) is 5.95. The SMILES string of the molecule is CCOc1ccc2c(S(=O)(=O)c3ccc(O)cc3)c(C(C)C)cn2c1. The van der Waals surface area contributed by atoms with E-state index in [1.165, 1.54) is 24.3 Å². The third kappa shape index (κ3) is 3.09. The van der Waals surface area contributed by atoms with Crippen molar-refractivity contribution < 1.29 is 18.3 Å². The van der Waals surface area contributed by atoms with Crippen LogP contribution in [0.2, 0.25) is 0 Å². The van der Waals surface area contributed by atoms with Gasteiger partial charge in [0.1, 0.15) is 16.4 Å². The Labute approximate surface area is 147 Å². The van der Waals surface area contributed by atoms with Crippen LogP contribution in [0.1, 0.15) is 32.3 Å². The minimum atomic E-state index is -3.71. The molecule has 1 aromatic carbocycles. The average Bonchev–Trinajstić information content (AvgIpc) is 2.95. The van der Waals surface area contributed by atoms with E-state index >= 15 is 0 Å². The molecule has 3 aromatic rings. The molecule has 2 aromatic heterocycles. The van der Waals surface area contributed by atoms with E-state index in [2.05, 4.69) is 0 Å². The van der Waals surface area contributed by atoms with E-state index in [-0.39, 0.29) is 16.6 Å². The second-order valence-corrected chi connectivity index (χ2v) is 8.04. The smallest absolute Gasteiger partial charge is 0.209 e. The van der Waals surface area contributed by atoms with Gasteiger partial charge in [-0.1, -0.05) is 13.8 Å². The molecule has 0 saturated carbocycles. The molecule has 5 nitrogen and oxygen atoms in total. The summed E-state index contributed by atoms with van der Waals surface area (Å²) in [5, 5.41) is 9.44. The number of hydrogen-bond donors (Lipinski definition) is 1. The maximum Gasteiger partial charge on any atom is 0.209 e. The number of rotatable bonds is 5. The first-order chi connectivity index (χ1) is 11.8. The lowest BCUT2D eigenvalue weighted by Gasteiger charge is -2.10. The highest BCUT2D eigenvalue weighted by atomic mass is 32.2. The summed E-state index contributed by atoms with van der Waals surface area (Å²) in [6.45, 7) is 6.38. The second kappa shape index (κ2) is 6.44. The number of sulfone groups is 1. The van der Waals surface area contributed by atoms with Crippen LogP contribution >= 0.6 is 0 Å². The number of hydrogen-bond acceptors (Lipinski definition) is 4. The molecular formula is C19H21NO4S. The Morgan fingerprint density at radius 3 is 2.36 bits per heavy atom. The van der Waals surface area contributed by atoms with Crippen molar-refractivity contribution in [1.29, 1.82) is 0 Å². The van der Waals surface area contributed by atoms with Gasteiger partial charge < -0.3 is 14.2 Å². The molecule has 3 rings (SSSR count). The molecule has 0 fully saturated rings. The third-order valence-electron chi connectivity index (χ3n) is 4.07. The molecule has 0 amide bonds. The van der Waals surface area contributed by atoms with Gasteiger partial charge in [-0.3, -0.25) is 0 Å². The highest BCUT2D eigenvalue weighted by Crippen LogP contribution is 2.35. The molecule has 0 aliphatic heterocycles. The van der Waals surface area contributed by atoms with Crippen LogP contribution in [0.25, 0.3) is 5.52 Å². The second-order valence-electron chi connectivity index (χ2n) is 6.16. The van der Waals surface area contributed by atoms with E-state index in [4.69, 9.17) is 4.74 Å². The number of aromatic nitrogens is 1. The van der Waals surface area contributed by atoms with Gasteiger partial charge in [-0.2, -0.15) is 0 Å². The lowest BCUT2D eigenvalue weighted by atomic mass is 10.1. The molecule has 0 spiro atoms. The largest absolute Gasteiger partial charge is 0.508 e. The van der Waals surface area contributed by atoms with Gasteiger partial charge in [0.25, 0.3) is 0 Å². The van der Waals surface area contributed by atoms with Gasteiger partial charge in [0, 0.05) is 6.20 Å². The van der Waals surface area contributed by atoms with Crippen molar-refractivity contribution in [2.75, 3.05) is 6.61 Å². The summed E-state index contributed by atoms with van der Waals surface area (Å²) >= 11 is 0. The van der Waals surface area contributed by atoms with Gasteiger partial charge in [-0.25, -0.2) is 8.42 Å². The molecule has 0 unspecified atom stereocenters. The molecule has 25 heavy (non-hydrogen) atoms. The summed E-state index contributed by atoms with van der Waals surface area (Å²) in [6, 6.07) is 9.16. The molecule has 132 valence electrons. The lowest BCUT2D eigenvalue weighted by Crippen LogP contribution is -2.05. The number of benzene rings is 1. The minimum absolute atomic E-state index is 0.0335. The summed E-state index contributed by atoms with van der Waals surface area (Å²) in [5.41, 5.74) is 1.36. The Bertz CT molecular complexity index is 1000. The number of ether oxygens (including phenoxy) is 1. The fourth-order valence-corrected chi connectivity index (χ4v) is 4.63.